The van der Waals surface area contributed by atoms with Gasteiger partial charge in [-0.1, -0.05) is 25.5 Å². The van der Waals surface area contributed by atoms with Crippen LogP contribution in [0.25, 0.3) is 0 Å². The van der Waals surface area contributed by atoms with Crippen LogP contribution in [0.2, 0.25) is 0 Å². The molecule has 0 spiro atoms. The average Bonchev–Trinajstić information content (AvgIpc) is 2.99. The molecule has 0 heterocycles. The summed E-state index contributed by atoms with van der Waals surface area (Å²) in [7, 11) is 0. The maximum atomic E-state index is 11.3. The van der Waals surface area contributed by atoms with Crippen LogP contribution in [0.5, 0.6) is 0 Å². The van der Waals surface area contributed by atoms with Gasteiger partial charge in [0.15, 0.2) is 0 Å². The molecule has 4 rings (SSSR count). The number of terminal acetylenes is 1. The van der Waals surface area contributed by atoms with Gasteiger partial charge in [0, 0.05) is 6.42 Å². The molecule has 3 fully saturated rings. The monoisotopic (exact) mass is 370 g/mol. The van der Waals surface area contributed by atoms with E-state index in [1.165, 1.54) is 25.7 Å². The second kappa shape index (κ2) is 6.64. The van der Waals surface area contributed by atoms with Crippen molar-refractivity contribution in [3.63, 3.8) is 0 Å². The first-order chi connectivity index (χ1) is 12.7. The Morgan fingerprint density at radius 1 is 1.19 bits per heavy atom. The molecular weight excluding hydrogens is 332 g/mol. The fourth-order valence-electron chi connectivity index (χ4n) is 8.16. The van der Waals surface area contributed by atoms with Gasteiger partial charge in [0.25, 0.3) is 0 Å². The fourth-order valence-corrected chi connectivity index (χ4v) is 8.16. The number of rotatable bonds is 3. The van der Waals surface area contributed by atoms with Gasteiger partial charge in [0.05, 0.1) is 11.7 Å². The molecule has 0 saturated heterocycles. The minimum atomic E-state index is -0.642. The van der Waals surface area contributed by atoms with Gasteiger partial charge in [-0.05, 0) is 99.2 Å². The average molecular weight is 371 g/mol. The normalized spacial score (nSPS) is 48.4. The van der Waals surface area contributed by atoms with E-state index in [1.807, 2.05) is 6.92 Å². The molecule has 0 amide bonds. The van der Waals surface area contributed by atoms with Gasteiger partial charge >= 0.3 is 0 Å². The van der Waals surface area contributed by atoms with Crippen LogP contribution in [0.1, 0.15) is 85.0 Å². The van der Waals surface area contributed by atoms with Crippen LogP contribution in [0.15, 0.2) is 11.6 Å². The summed E-state index contributed by atoms with van der Waals surface area (Å²) in [4.78, 5) is 0. The van der Waals surface area contributed by atoms with Crippen molar-refractivity contribution in [2.24, 2.45) is 34.5 Å². The lowest BCUT2D eigenvalue weighted by Gasteiger charge is -2.59. The molecule has 2 nitrogen and oxygen atoms in total. The van der Waals surface area contributed by atoms with E-state index in [0.717, 1.165) is 49.9 Å². The molecule has 0 aromatic heterocycles. The van der Waals surface area contributed by atoms with E-state index in [-0.39, 0.29) is 11.5 Å². The Kier molecular flexibility index (Phi) is 4.80. The van der Waals surface area contributed by atoms with Gasteiger partial charge < -0.3 is 10.2 Å². The van der Waals surface area contributed by atoms with Crippen LogP contribution < -0.4 is 0 Å². The van der Waals surface area contributed by atoms with E-state index < -0.39 is 5.60 Å². The van der Waals surface area contributed by atoms with Crippen LogP contribution in [-0.2, 0) is 0 Å². The summed E-state index contributed by atoms with van der Waals surface area (Å²) in [5.74, 6) is 5.33. The van der Waals surface area contributed by atoms with Gasteiger partial charge in [-0.2, -0.15) is 0 Å². The minimum Gasteiger partial charge on any atom is -0.393 e. The first-order valence-corrected chi connectivity index (χ1v) is 11.3. The molecule has 3 saturated carbocycles. The summed E-state index contributed by atoms with van der Waals surface area (Å²) in [6.45, 7) is 7.00. The third kappa shape index (κ3) is 2.92. The highest BCUT2D eigenvalue weighted by Crippen LogP contribution is 2.67. The van der Waals surface area contributed by atoms with Gasteiger partial charge in [-0.15, -0.1) is 12.3 Å². The Hall–Kier alpha value is -0.780. The lowest BCUT2D eigenvalue weighted by atomic mass is 9.46. The van der Waals surface area contributed by atoms with Crippen LogP contribution in [0, 0.1) is 46.8 Å². The summed E-state index contributed by atoms with van der Waals surface area (Å²) >= 11 is 0. The van der Waals surface area contributed by atoms with Crippen LogP contribution in [0.4, 0.5) is 0 Å². The molecule has 27 heavy (non-hydrogen) atoms. The van der Waals surface area contributed by atoms with Gasteiger partial charge in [-0.25, -0.2) is 0 Å². The van der Waals surface area contributed by atoms with Crippen molar-refractivity contribution in [2.45, 2.75) is 96.7 Å². The SMILES string of the molecule is C#CCC[C@](C)(O)[C@H]1CC[C@H]2[C@@H]3CC=C4CC(O)CC[C@]4(C)[C@H]3CC[C@@]21C. The molecule has 0 bridgehead atoms. The highest BCUT2D eigenvalue weighted by molar-refractivity contribution is 5.25. The molecule has 8 atom stereocenters. The van der Waals surface area contributed by atoms with E-state index in [2.05, 4.69) is 25.8 Å². The maximum Gasteiger partial charge on any atom is 0.0662 e. The molecule has 0 aliphatic heterocycles. The van der Waals surface area contributed by atoms with Crippen LogP contribution in [-0.4, -0.2) is 21.9 Å². The van der Waals surface area contributed by atoms with Crippen molar-refractivity contribution in [2.75, 3.05) is 0 Å². The van der Waals surface area contributed by atoms with Crippen LogP contribution >= 0.6 is 0 Å². The molecule has 1 unspecified atom stereocenters. The smallest absolute Gasteiger partial charge is 0.0662 e. The Morgan fingerprint density at radius 2 is 1.96 bits per heavy atom. The van der Waals surface area contributed by atoms with Crippen molar-refractivity contribution >= 4 is 0 Å². The maximum absolute atomic E-state index is 11.3. The molecular formula is C25H38O2. The third-order valence-electron chi connectivity index (χ3n) is 9.60. The van der Waals surface area contributed by atoms with E-state index in [9.17, 15) is 10.2 Å². The number of aliphatic hydroxyl groups is 2. The van der Waals surface area contributed by atoms with Crippen molar-refractivity contribution in [3.05, 3.63) is 11.6 Å². The number of allylic oxidation sites excluding steroid dienone is 1. The second-order valence-electron chi connectivity index (χ2n) is 10.9. The lowest BCUT2D eigenvalue weighted by Crippen LogP contribution is -2.53. The first kappa shape index (κ1) is 19.5. The second-order valence-corrected chi connectivity index (χ2v) is 10.9. The molecule has 0 radical (unpaired) electrons. The van der Waals surface area contributed by atoms with E-state index in [4.69, 9.17) is 6.42 Å². The fraction of sp³-hybridized carbons (Fsp3) is 0.840. The Morgan fingerprint density at radius 3 is 2.70 bits per heavy atom. The molecule has 2 N–H and O–H groups in total. The molecule has 0 aromatic carbocycles. The standard InChI is InChI=1S/C25H38O2/c1-5-6-13-25(4,27)22-10-9-20-19-8-7-17-16-18(26)11-14-23(17,2)21(19)12-15-24(20,22)3/h1,7,18-22,26-27H,6,8-16H2,2-4H3/t18?,19-,20-,21-,22-,23-,24-,25-/m0/s1. The zero-order valence-corrected chi connectivity index (χ0v) is 17.5. The summed E-state index contributed by atoms with van der Waals surface area (Å²) in [6, 6.07) is 0. The van der Waals surface area contributed by atoms with Crippen molar-refractivity contribution < 1.29 is 10.2 Å². The Bertz CT molecular complexity index is 656. The van der Waals surface area contributed by atoms with E-state index >= 15 is 0 Å². The quantitative estimate of drug-likeness (QED) is 0.536. The van der Waals surface area contributed by atoms with E-state index in [1.54, 1.807) is 5.57 Å². The summed E-state index contributed by atoms with van der Waals surface area (Å²) in [5, 5.41) is 21.4. The predicted molar refractivity (Wildman–Crippen MR) is 110 cm³/mol. The summed E-state index contributed by atoms with van der Waals surface area (Å²) < 4.78 is 0. The van der Waals surface area contributed by atoms with Gasteiger partial charge in [0.2, 0.25) is 0 Å². The number of hydrogen-bond acceptors (Lipinski definition) is 2. The zero-order valence-electron chi connectivity index (χ0n) is 17.5. The lowest BCUT2D eigenvalue weighted by molar-refractivity contribution is -0.104. The Balaban J connectivity index is 1.60. The predicted octanol–water partition coefficient (Wildman–Crippen LogP) is 5.09. The summed E-state index contributed by atoms with van der Waals surface area (Å²) in [5.41, 5.74) is 1.45. The topological polar surface area (TPSA) is 40.5 Å². The van der Waals surface area contributed by atoms with Gasteiger partial charge in [-0.3, -0.25) is 0 Å². The molecule has 4 aliphatic rings. The minimum absolute atomic E-state index is 0.128. The molecule has 4 aliphatic carbocycles. The number of hydrogen-bond donors (Lipinski definition) is 2. The molecule has 2 heteroatoms. The largest absolute Gasteiger partial charge is 0.393 e. The number of fused-ring (bicyclic) bond motifs is 5. The van der Waals surface area contributed by atoms with Crippen molar-refractivity contribution in [1.82, 2.24) is 0 Å². The third-order valence-corrected chi connectivity index (χ3v) is 9.60. The molecule has 0 aromatic rings. The van der Waals surface area contributed by atoms with Crippen LogP contribution in [0.3, 0.4) is 0 Å². The zero-order chi connectivity index (χ0) is 19.4. The van der Waals surface area contributed by atoms with Crippen molar-refractivity contribution in [1.29, 1.82) is 0 Å². The number of aliphatic hydroxyl groups excluding tert-OH is 1. The van der Waals surface area contributed by atoms with E-state index in [0.29, 0.717) is 17.8 Å². The molecule has 150 valence electrons. The highest BCUT2D eigenvalue weighted by atomic mass is 16.3. The summed E-state index contributed by atoms with van der Waals surface area (Å²) in [6.07, 6.45) is 18.4. The van der Waals surface area contributed by atoms with Gasteiger partial charge in [0.1, 0.15) is 0 Å². The first-order valence-electron chi connectivity index (χ1n) is 11.3. The van der Waals surface area contributed by atoms with Crippen molar-refractivity contribution in [3.8, 4) is 12.3 Å². The highest BCUT2D eigenvalue weighted by Gasteiger charge is 2.61. The Labute approximate surface area is 165 Å².